The number of amides is 1. The summed E-state index contributed by atoms with van der Waals surface area (Å²) in [5.41, 5.74) is 4.61. The van der Waals surface area contributed by atoms with Gasteiger partial charge in [0.2, 0.25) is 17.0 Å². The first-order chi connectivity index (χ1) is 14.0. The molecule has 0 aliphatic carbocycles. The van der Waals surface area contributed by atoms with Crippen LogP contribution in [0.25, 0.3) is 0 Å². The second kappa shape index (κ2) is 9.69. The monoisotopic (exact) mass is 414 g/mol. The SMILES string of the molecule is COc1ccc(/C(C)=N\Nc2nc(SCC(=O)Nc3ccccc3F)n[nH]2)cc1. The van der Waals surface area contributed by atoms with Crippen LogP contribution in [-0.4, -0.2) is 39.7 Å². The van der Waals surface area contributed by atoms with Gasteiger partial charge < -0.3 is 10.1 Å². The molecule has 29 heavy (non-hydrogen) atoms. The van der Waals surface area contributed by atoms with Gasteiger partial charge in [0.05, 0.1) is 24.3 Å². The number of hydrogen-bond donors (Lipinski definition) is 3. The Kier molecular flexibility index (Phi) is 6.80. The summed E-state index contributed by atoms with van der Waals surface area (Å²) in [7, 11) is 1.61. The summed E-state index contributed by atoms with van der Waals surface area (Å²) in [6.07, 6.45) is 0. The zero-order chi connectivity index (χ0) is 20.6. The number of H-pyrrole nitrogens is 1. The summed E-state index contributed by atoms with van der Waals surface area (Å²) in [5.74, 6) is 0.313. The second-order valence-corrected chi connectivity index (χ2v) is 6.76. The molecule has 0 atom stereocenters. The number of methoxy groups -OCH3 is 1. The number of rotatable bonds is 8. The molecule has 1 heterocycles. The van der Waals surface area contributed by atoms with E-state index >= 15 is 0 Å². The number of para-hydroxylation sites is 1. The second-order valence-electron chi connectivity index (χ2n) is 5.82. The molecule has 0 spiro atoms. The number of carbonyl (C=O) groups is 1. The molecule has 2 aromatic carbocycles. The minimum absolute atomic E-state index is 0.0414. The van der Waals surface area contributed by atoms with Crippen molar-refractivity contribution in [2.45, 2.75) is 12.1 Å². The molecule has 3 rings (SSSR count). The lowest BCUT2D eigenvalue weighted by atomic mass is 10.1. The number of nitrogens with zero attached hydrogens (tertiary/aromatic N) is 3. The maximum Gasteiger partial charge on any atom is 0.240 e. The van der Waals surface area contributed by atoms with Gasteiger partial charge in [-0.15, -0.1) is 5.10 Å². The summed E-state index contributed by atoms with van der Waals surface area (Å²) in [6, 6.07) is 13.5. The fourth-order valence-electron chi connectivity index (χ4n) is 2.27. The molecule has 0 aliphatic rings. The molecule has 150 valence electrons. The third-order valence-corrected chi connectivity index (χ3v) is 4.63. The van der Waals surface area contributed by atoms with Gasteiger partial charge in [0.1, 0.15) is 11.6 Å². The van der Waals surface area contributed by atoms with Crippen LogP contribution in [0.15, 0.2) is 58.8 Å². The number of aromatic amines is 1. The molecule has 1 aromatic heterocycles. The first-order valence-corrected chi connectivity index (χ1v) is 9.58. The Balaban J connectivity index is 1.51. The highest BCUT2D eigenvalue weighted by atomic mass is 32.2. The number of aromatic nitrogens is 3. The van der Waals surface area contributed by atoms with E-state index in [-0.39, 0.29) is 17.3 Å². The van der Waals surface area contributed by atoms with E-state index < -0.39 is 5.82 Å². The number of hydrogen-bond acceptors (Lipinski definition) is 7. The Bertz CT molecular complexity index is 1010. The Labute approximate surface area is 171 Å². The number of hydrazone groups is 1. The highest BCUT2D eigenvalue weighted by Crippen LogP contribution is 2.17. The lowest BCUT2D eigenvalue weighted by Gasteiger charge is -2.04. The summed E-state index contributed by atoms with van der Waals surface area (Å²) in [6.45, 7) is 1.86. The van der Waals surface area contributed by atoms with E-state index in [4.69, 9.17) is 4.74 Å². The number of anilines is 2. The lowest BCUT2D eigenvalue weighted by Crippen LogP contribution is -2.15. The van der Waals surface area contributed by atoms with Crippen molar-refractivity contribution < 1.29 is 13.9 Å². The van der Waals surface area contributed by atoms with Crippen LogP contribution in [0.3, 0.4) is 0 Å². The highest BCUT2D eigenvalue weighted by molar-refractivity contribution is 7.99. The van der Waals surface area contributed by atoms with Gasteiger partial charge in [-0.05, 0) is 48.9 Å². The van der Waals surface area contributed by atoms with Crippen molar-refractivity contribution in [3.8, 4) is 5.75 Å². The molecule has 3 aromatic rings. The number of halogens is 1. The molecule has 0 unspecified atom stereocenters. The fourth-order valence-corrected chi connectivity index (χ4v) is 2.87. The Morgan fingerprint density at radius 2 is 2.00 bits per heavy atom. The van der Waals surface area contributed by atoms with E-state index in [0.29, 0.717) is 11.1 Å². The van der Waals surface area contributed by atoms with Gasteiger partial charge in [0.25, 0.3) is 0 Å². The highest BCUT2D eigenvalue weighted by Gasteiger charge is 2.10. The lowest BCUT2D eigenvalue weighted by molar-refractivity contribution is -0.113. The van der Waals surface area contributed by atoms with Gasteiger partial charge >= 0.3 is 0 Å². The molecule has 0 radical (unpaired) electrons. The van der Waals surface area contributed by atoms with Gasteiger partial charge in [0.15, 0.2) is 0 Å². The smallest absolute Gasteiger partial charge is 0.240 e. The van der Waals surface area contributed by atoms with Crippen molar-refractivity contribution in [2.75, 3.05) is 23.6 Å². The van der Waals surface area contributed by atoms with Crippen molar-refractivity contribution in [1.29, 1.82) is 0 Å². The molecule has 10 heteroatoms. The average molecular weight is 414 g/mol. The Hall–Kier alpha value is -3.40. The molecule has 8 nitrogen and oxygen atoms in total. The van der Waals surface area contributed by atoms with Crippen molar-refractivity contribution >= 4 is 35.0 Å². The predicted molar refractivity (Wildman–Crippen MR) is 111 cm³/mol. The van der Waals surface area contributed by atoms with Crippen LogP contribution in [0.5, 0.6) is 5.75 Å². The standard InChI is InChI=1S/C19H19FN6O2S/c1-12(13-7-9-14(28-2)10-8-13)23-24-18-22-19(26-25-18)29-11-17(27)21-16-6-4-3-5-15(16)20/h3-10H,11H2,1-2H3,(H,21,27)(H2,22,24,25,26)/b23-12-. The van der Waals surface area contributed by atoms with Crippen molar-refractivity contribution in [2.24, 2.45) is 5.10 Å². The molecule has 1 amide bonds. The predicted octanol–water partition coefficient (Wildman–Crippen LogP) is 3.52. The summed E-state index contributed by atoms with van der Waals surface area (Å²) < 4.78 is 18.7. The van der Waals surface area contributed by atoms with Crippen LogP contribution < -0.4 is 15.5 Å². The van der Waals surface area contributed by atoms with Crippen LogP contribution in [0, 0.1) is 5.82 Å². The third kappa shape index (κ3) is 5.79. The normalized spacial score (nSPS) is 11.2. The van der Waals surface area contributed by atoms with E-state index in [1.165, 1.54) is 12.1 Å². The molecule has 0 saturated carbocycles. The zero-order valence-corrected chi connectivity index (χ0v) is 16.6. The van der Waals surface area contributed by atoms with E-state index in [1.807, 2.05) is 31.2 Å². The van der Waals surface area contributed by atoms with Gasteiger partial charge in [-0.25, -0.2) is 14.9 Å². The number of benzene rings is 2. The van der Waals surface area contributed by atoms with Crippen LogP contribution in [0.1, 0.15) is 12.5 Å². The molecule has 0 saturated heterocycles. The molecular formula is C19H19FN6O2S. The Morgan fingerprint density at radius 3 is 2.72 bits per heavy atom. The van der Waals surface area contributed by atoms with Crippen molar-refractivity contribution in [3.63, 3.8) is 0 Å². The molecular weight excluding hydrogens is 395 g/mol. The van der Waals surface area contributed by atoms with Crippen LogP contribution in [0.2, 0.25) is 0 Å². The number of ether oxygens (including phenoxy) is 1. The zero-order valence-electron chi connectivity index (χ0n) is 15.8. The van der Waals surface area contributed by atoms with Gasteiger partial charge in [-0.2, -0.15) is 10.1 Å². The summed E-state index contributed by atoms with van der Waals surface area (Å²) in [5, 5.41) is 13.8. The summed E-state index contributed by atoms with van der Waals surface area (Å²) in [4.78, 5) is 16.2. The number of nitrogens with one attached hydrogen (secondary N) is 3. The van der Waals surface area contributed by atoms with Crippen molar-refractivity contribution in [3.05, 3.63) is 59.9 Å². The van der Waals surface area contributed by atoms with E-state index in [9.17, 15) is 9.18 Å². The maximum atomic E-state index is 13.5. The van der Waals surface area contributed by atoms with Crippen LogP contribution in [-0.2, 0) is 4.79 Å². The number of carbonyl (C=O) groups excluding carboxylic acids is 1. The Morgan fingerprint density at radius 1 is 1.24 bits per heavy atom. The van der Waals surface area contributed by atoms with Crippen LogP contribution in [0.4, 0.5) is 16.0 Å². The summed E-state index contributed by atoms with van der Waals surface area (Å²) >= 11 is 1.12. The molecule has 0 aliphatic heterocycles. The van der Waals surface area contributed by atoms with E-state index in [2.05, 4.69) is 31.0 Å². The number of thioether (sulfide) groups is 1. The van der Waals surface area contributed by atoms with Gasteiger partial charge in [-0.1, -0.05) is 23.9 Å². The molecule has 0 bridgehead atoms. The first-order valence-electron chi connectivity index (χ1n) is 8.59. The average Bonchev–Trinajstić information content (AvgIpc) is 3.20. The molecule has 0 fully saturated rings. The molecule has 3 N–H and O–H groups in total. The van der Waals surface area contributed by atoms with Crippen LogP contribution >= 0.6 is 11.8 Å². The van der Waals surface area contributed by atoms with E-state index in [0.717, 1.165) is 28.8 Å². The van der Waals surface area contributed by atoms with Crippen molar-refractivity contribution in [1.82, 2.24) is 15.2 Å². The third-order valence-electron chi connectivity index (χ3n) is 3.78. The topological polar surface area (TPSA) is 104 Å². The minimum Gasteiger partial charge on any atom is -0.497 e. The quantitative estimate of drug-likeness (QED) is 0.296. The maximum absolute atomic E-state index is 13.5. The first kappa shape index (κ1) is 20.3. The van der Waals surface area contributed by atoms with Gasteiger partial charge in [-0.3, -0.25) is 4.79 Å². The van der Waals surface area contributed by atoms with E-state index in [1.54, 1.807) is 19.2 Å². The van der Waals surface area contributed by atoms with Gasteiger partial charge in [0, 0.05) is 0 Å². The minimum atomic E-state index is -0.486. The fraction of sp³-hybridized carbons (Fsp3) is 0.158. The largest absolute Gasteiger partial charge is 0.497 e.